The van der Waals surface area contributed by atoms with E-state index in [2.05, 4.69) is 11.4 Å². The normalized spacial score (nSPS) is 13.6. The van der Waals surface area contributed by atoms with Gasteiger partial charge in [0.2, 0.25) is 0 Å². The molecule has 2 aromatic rings. The van der Waals surface area contributed by atoms with E-state index >= 15 is 0 Å². The van der Waals surface area contributed by atoms with Crippen molar-refractivity contribution >= 4 is 40.5 Å². The number of rotatable bonds is 5. The van der Waals surface area contributed by atoms with Crippen LogP contribution in [-0.4, -0.2) is 17.8 Å². The molecular weight excluding hydrogens is 389 g/mol. The van der Waals surface area contributed by atoms with Gasteiger partial charge >= 0.3 is 5.97 Å². The van der Waals surface area contributed by atoms with Gasteiger partial charge in [0, 0.05) is 11.9 Å². The molecule has 0 fully saturated rings. The molecule has 0 aromatic heterocycles. The van der Waals surface area contributed by atoms with Crippen LogP contribution in [0.3, 0.4) is 0 Å². The van der Waals surface area contributed by atoms with Gasteiger partial charge in [-0.05, 0) is 42.5 Å². The third kappa shape index (κ3) is 4.00. The molecule has 1 heterocycles. The summed E-state index contributed by atoms with van der Waals surface area (Å²) in [6, 6.07) is 13.5. The molecule has 2 N–H and O–H groups in total. The molecule has 0 aliphatic carbocycles. The summed E-state index contributed by atoms with van der Waals surface area (Å²) >= 11 is 12.4. The van der Waals surface area contributed by atoms with Crippen molar-refractivity contribution in [2.45, 2.75) is 0 Å². The molecule has 136 valence electrons. The first kappa shape index (κ1) is 18.6. The van der Waals surface area contributed by atoms with Crippen molar-refractivity contribution < 1.29 is 14.6 Å². The Morgan fingerprint density at radius 2 is 1.89 bits per heavy atom. The fourth-order valence-electron chi connectivity index (χ4n) is 2.49. The lowest BCUT2D eigenvalue weighted by atomic mass is 10.2. The Morgan fingerprint density at radius 1 is 1.22 bits per heavy atom. The molecule has 2 aromatic carbocycles. The van der Waals surface area contributed by atoms with E-state index in [1.807, 2.05) is 0 Å². The number of aromatic carboxylic acids is 1. The average Bonchev–Trinajstić information content (AvgIpc) is 3.04. The SMILES string of the molecule is N#CC1=C(C=CNc2ccc(C(=O)O)cc2)OCN1c1c(Cl)cccc1Cl. The Bertz CT molecular complexity index is 958. The summed E-state index contributed by atoms with van der Waals surface area (Å²) in [5, 5.41) is 22.2. The van der Waals surface area contributed by atoms with Gasteiger partial charge in [-0.3, -0.25) is 4.90 Å². The van der Waals surface area contributed by atoms with Crippen molar-refractivity contribution in [3.05, 3.63) is 81.8 Å². The highest BCUT2D eigenvalue weighted by Gasteiger charge is 2.27. The summed E-state index contributed by atoms with van der Waals surface area (Å²) in [4.78, 5) is 12.5. The minimum atomic E-state index is -0.987. The highest BCUT2D eigenvalue weighted by Crippen LogP contribution is 2.38. The van der Waals surface area contributed by atoms with Gasteiger partial charge in [0.25, 0.3) is 0 Å². The molecule has 0 atom stereocenters. The van der Waals surface area contributed by atoms with Crippen LogP contribution in [0.25, 0.3) is 0 Å². The Balaban J connectivity index is 1.78. The summed E-state index contributed by atoms with van der Waals surface area (Å²) in [5.41, 5.74) is 1.69. The van der Waals surface area contributed by atoms with E-state index in [1.54, 1.807) is 47.5 Å². The Hall–Kier alpha value is -3.14. The van der Waals surface area contributed by atoms with Crippen LogP contribution in [0.5, 0.6) is 0 Å². The van der Waals surface area contributed by atoms with Gasteiger partial charge in [-0.2, -0.15) is 5.26 Å². The van der Waals surface area contributed by atoms with Crippen LogP contribution in [0, 0.1) is 11.3 Å². The molecule has 0 saturated carbocycles. The minimum Gasteiger partial charge on any atom is -0.478 e. The average molecular weight is 402 g/mol. The molecule has 0 unspecified atom stereocenters. The summed E-state index contributed by atoms with van der Waals surface area (Å²) in [7, 11) is 0. The van der Waals surface area contributed by atoms with Gasteiger partial charge in [0.05, 0.1) is 21.3 Å². The maximum absolute atomic E-state index is 10.9. The van der Waals surface area contributed by atoms with Crippen molar-refractivity contribution in [2.24, 2.45) is 0 Å². The van der Waals surface area contributed by atoms with Crippen molar-refractivity contribution in [3.8, 4) is 6.07 Å². The summed E-state index contributed by atoms with van der Waals surface area (Å²) < 4.78 is 5.58. The second-order valence-corrected chi connectivity index (χ2v) is 6.27. The lowest BCUT2D eigenvalue weighted by Gasteiger charge is -2.18. The van der Waals surface area contributed by atoms with Gasteiger partial charge in [-0.25, -0.2) is 4.79 Å². The number of benzene rings is 2. The van der Waals surface area contributed by atoms with Gasteiger partial charge in [0.15, 0.2) is 18.2 Å². The first-order valence-electron chi connectivity index (χ1n) is 7.76. The number of nitriles is 1. The van der Waals surface area contributed by atoms with Crippen molar-refractivity contribution in [1.82, 2.24) is 0 Å². The quantitative estimate of drug-likeness (QED) is 0.744. The number of nitrogens with zero attached hydrogens (tertiary/aromatic N) is 2. The zero-order valence-electron chi connectivity index (χ0n) is 13.8. The lowest BCUT2D eigenvalue weighted by molar-refractivity contribution is 0.0697. The molecule has 1 aliphatic heterocycles. The van der Waals surface area contributed by atoms with Crippen LogP contribution in [0.1, 0.15) is 10.4 Å². The molecule has 0 bridgehead atoms. The van der Waals surface area contributed by atoms with Crippen molar-refractivity contribution in [1.29, 1.82) is 5.26 Å². The largest absolute Gasteiger partial charge is 0.478 e. The number of ether oxygens (including phenoxy) is 1. The molecule has 8 heteroatoms. The minimum absolute atomic E-state index is 0.110. The molecule has 27 heavy (non-hydrogen) atoms. The summed E-state index contributed by atoms with van der Waals surface area (Å²) in [5.74, 6) is -0.623. The van der Waals surface area contributed by atoms with Gasteiger partial charge in [-0.1, -0.05) is 29.3 Å². The number of para-hydroxylation sites is 1. The fraction of sp³-hybridized carbons (Fsp3) is 0.0526. The topological polar surface area (TPSA) is 85.6 Å². The fourth-order valence-corrected chi connectivity index (χ4v) is 3.09. The number of carboxylic acid groups (broad SMARTS) is 1. The van der Waals surface area contributed by atoms with Crippen molar-refractivity contribution in [3.63, 3.8) is 0 Å². The number of halogens is 2. The standard InChI is InChI=1S/C19H13Cl2N3O3/c20-14-2-1-3-15(21)18(14)24-11-27-17(16(24)10-22)8-9-23-13-6-4-12(5-7-13)19(25)26/h1-9,23H,11H2,(H,25,26). The van der Waals surface area contributed by atoms with Crippen LogP contribution < -0.4 is 10.2 Å². The molecule has 3 rings (SSSR count). The maximum Gasteiger partial charge on any atom is 0.335 e. The van der Waals surface area contributed by atoms with E-state index in [-0.39, 0.29) is 18.0 Å². The van der Waals surface area contributed by atoms with E-state index in [0.717, 1.165) is 0 Å². The molecule has 0 spiro atoms. The molecule has 0 saturated heterocycles. The molecule has 6 nitrogen and oxygen atoms in total. The van der Waals surface area contributed by atoms with E-state index in [4.69, 9.17) is 33.0 Å². The Kier molecular flexibility index (Phi) is 5.55. The number of carboxylic acids is 1. The number of anilines is 2. The third-order valence-corrected chi connectivity index (χ3v) is 4.39. The molecule has 1 aliphatic rings. The number of allylic oxidation sites excluding steroid dienone is 2. The van der Waals surface area contributed by atoms with Crippen molar-refractivity contribution in [2.75, 3.05) is 16.9 Å². The second kappa shape index (κ2) is 8.04. The maximum atomic E-state index is 10.9. The number of hydrogen-bond acceptors (Lipinski definition) is 5. The predicted octanol–water partition coefficient (Wildman–Crippen LogP) is 4.85. The third-order valence-electron chi connectivity index (χ3n) is 3.78. The lowest BCUT2D eigenvalue weighted by Crippen LogP contribution is -2.19. The first-order chi connectivity index (χ1) is 13.0. The molecular formula is C19H13Cl2N3O3. The highest BCUT2D eigenvalue weighted by molar-refractivity contribution is 6.39. The number of carbonyl (C=O) groups is 1. The van der Waals surface area contributed by atoms with Gasteiger partial charge in [-0.15, -0.1) is 0 Å². The molecule has 0 radical (unpaired) electrons. The Labute approximate surface area is 165 Å². The van der Waals surface area contributed by atoms with E-state index < -0.39 is 5.97 Å². The van der Waals surface area contributed by atoms with E-state index in [0.29, 0.717) is 27.2 Å². The van der Waals surface area contributed by atoms with Crippen LogP contribution >= 0.6 is 23.2 Å². The van der Waals surface area contributed by atoms with E-state index in [9.17, 15) is 10.1 Å². The zero-order valence-corrected chi connectivity index (χ0v) is 15.3. The van der Waals surface area contributed by atoms with Crippen LogP contribution in [0.15, 0.2) is 66.2 Å². The van der Waals surface area contributed by atoms with E-state index in [1.165, 1.54) is 12.1 Å². The van der Waals surface area contributed by atoms with Crippen LogP contribution in [-0.2, 0) is 4.74 Å². The smallest absolute Gasteiger partial charge is 0.335 e. The summed E-state index contributed by atoms with van der Waals surface area (Å²) in [6.07, 6.45) is 3.20. The number of hydrogen-bond donors (Lipinski definition) is 2. The summed E-state index contributed by atoms with van der Waals surface area (Å²) in [6.45, 7) is 0.110. The van der Waals surface area contributed by atoms with Gasteiger partial charge in [0.1, 0.15) is 6.07 Å². The zero-order chi connectivity index (χ0) is 19.4. The first-order valence-corrected chi connectivity index (χ1v) is 8.52. The highest BCUT2D eigenvalue weighted by atomic mass is 35.5. The Morgan fingerprint density at radius 3 is 2.48 bits per heavy atom. The number of nitrogens with one attached hydrogen (secondary N) is 1. The molecule has 0 amide bonds. The van der Waals surface area contributed by atoms with Crippen LogP contribution in [0.4, 0.5) is 11.4 Å². The predicted molar refractivity (Wildman–Crippen MR) is 104 cm³/mol. The monoisotopic (exact) mass is 401 g/mol. The second-order valence-electron chi connectivity index (χ2n) is 5.46. The van der Waals surface area contributed by atoms with Crippen LogP contribution in [0.2, 0.25) is 10.0 Å². The van der Waals surface area contributed by atoms with Gasteiger partial charge < -0.3 is 15.2 Å².